The second kappa shape index (κ2) is 6.75. The fourth-order valence-electron chi connectivity index (χ4n) is 1.36. The zero-order chi connectivity index (χ0) is 12.7. The van der Waals surface area contributed by atoms with E-state index in [2.05, 4.69) is 5.32 Å². The fourth-order valence-corrected chi connectivity index (χ4v) is 1.36. The summed E-state index contributed by atoms with van der Waals surface area (Å²) in [5, 5.41) is 3.22. The molecule has 0 fully saturated rings. The first-order valence-corrected chi connectivity index (χ1v) is 5.46. The van der Waals surface area contributed by atoms with Crippen LogP contribution in [0.4, 0.5) is 0 Å². The molecule has 0 unspecified atom stereocenters. The summed E-state index contributed by atoms with van der Waals surface area (Å²) >= 11 is 0. The highest BCUT2D eigenvalue weighted by Gasteiger charge is 2.06. The molecule has 0 saturated carbocycles. The number of amides is 1. The van der Waals surface area contributed by atoms with Crippen molar-refractivity contribution in [2.24, 2.45) is 5.73 Å². The molecule has 1 amide bonds. The van der Waals surface area contributed by atoms with Crippen molar-refractivity contribution < 1.29 is 14.3 Å². The van der Waals surface area contributed by atoms with Gasteiger partial charge >= 0.3 is 0 Å². The maximum Gasteiger partial charge on any atom is 0.255 e. The van der Waals surface area contributed by atoms with Gasteiger partial charge in [0.2, 0.25) is 0 Å². The molecule has 1 rings (SSSR count). The summed E-state index contributed by atoms with van der Waals surface area (Å²) in [6.45, 7) is 3.57. The average Bonchev–Trinajstić information content (AvgIpc) is 2.34. The zero-order valence-corrected chi connectivity index (χ0v) is 10.2. The number of nitrogens with two attached hydrogens (primary N) is 1. The Bertz CT molecular complexity index is 380. The third kappa shape index (κ3) is 4.32. The predicted octanol–water partition coefficient (Wildman–Crippen LogP) is 0.669. The lowest BCUT2D eigenvalue weighted by Crippen LogP contribution is -2.20. The van der Waals surface area contributed by atoms with Gasteiger partial charge < -0.3 is 20.5 Å². The standard InChI is InChI=1S/C12H18N2O3/c1-3-14-7-9-4-5-10(11(6-9)16-2)17-8-12(13)15/h4-6,14H,3,7-8H2,1-2H3,(H2,13,15). The molecule has 0 atom stereocenters. The number of hydrogen-bond donors (Lipinski definition) is 2. The van der Waals surface area contributed by atoms with Crippen molar-refractivity contribution in [2.75, 3.05) is 20.3 Å². The summed E-state index contributed by atoms with van der Waals surface area (Å²) in [5.41, 5.74) is 6.11. The van der Waals surface area contributed by atoms with Gasteiger partial charge in [-0.1, -0.05) is 13.0 Å². The normalized spacial score (nSPS) is 10.0. The second-order valence-corrected chi connectivity index (χ2v) is 3.52. The molecule has 0 aliphatic rings. The van der Waals surface area contributed by atoms with Gasteiger partial charge in [0.25, 0.3) is 5.91 Å². The summed E-state index contributed by atoms with van der Waals surface area (Å²) in [6, 6.07) is 5.56. The second-order valence-electron chi connectivity index (χ2n) is 3.52. The van der Waals surface area contributed by atoms with E-state index in [0.29, 0.717) is 11.5 Å². The van der Waals surface area contributed by atoms with Crippen LogP contribution < -0.4 is 20.5 Å². The van der Waals surface area contributed by atoms with Gasteiger partial charge in [-0.25, -0.2) is 0 Å². The van der Waals surface area contributed by atoms with Crippen LogP contribution in [0.25, 0.3) is 0 Å². The number of rotatable bonds is 7. The van der Waals surface area contributed by atoms with Crippen LogP contribution in [0.1, 0.15) is 12.5 Å². The quantitative estimate of drug-likeness (QED) is 0.732. The van der Waals surface area contributed by atoms with Crippen molar-refractivity contribution in [3.8, 4) is 11.5 Å². The lowest BCUT2D eigenvalue weighted by atomic mass is 10.2. The molecule has 0 aromatic heterocycles. The first kappa shape index (κ1) is 13.3. The molecular formula is C12H18N2O3. The average molecular weight is 238 g/mol. The number of ether oxygens (including phenoxy) is 2. The van der Waals surface area contributed by atoms with Crippen LogP contribution in [0.15, 0.2) is 18.2 Å². The minimum Gasteiger partial charge on any atom is -0.493 e. The molecule has 0 aliphatic heterocycles. The van der Waals surface area contributed by atoms with E-state index in [9.17, 15) is 4.79 Å². The maximum atomic E-state index is 10.6. The van der Waals surface area contributed by atoms with Gasteiger partial charge in [-0.05, 0) is 24.2 Å². The van der Waals surface area contributed by atoms with E-state index in [-0.39, 0.29) is 6.61 Å². The SMILES string of the molecule is CCNCc1ccc(OCC(N)=O)c(OC)c1. The van der Waals surface area contributed by atoms with Gasteiger partial charge in [0.05, 0.1) is 7.11 Å². The lowest BCUT2D eigenvalue weighted by molar-refractivity contribution is -0.119. The van der Waals surface area contributed by atoms with Crippen molar-refractivity contribution in [3.05, 3.63) is 23.8 Å². The van der Waals surface area contributed by atoms with Crippen LogP contribution in [0, 0.1) is 0 Å². The summed E-state index contributed by atoms with van der Waals surface area (Å²) in [5.74, 6) is 0.608. The van der Waals surface area contributed by atoms with Crippen molar-refractivity contribution in [1.82, 2.24) is 5.32 Å². The molecule has 1 aromatic carbocycles. The number of benzene rings is 1. The molecule has 94 valence electrons. The van der Waals surface area contributed by atoms with E-state index in [1.807, 2.05) is 19.1 Å². The molecule has 0 aliphatic carbocycles. The molecule has 5 nitrogen and oxygen atoms in total. The van der Waals surface area contributed by atoms with Gasteiger partial charge in [0.1, 0.15) is 0 Å². The molecule has 0 bridgehead atoms. The van der Waals surface area contributed by atoms with Crippen LogP contribution in [0.2, 0.25) is 0 Å². The van der Waals surface area contributed by atoms with E-state index >= 15 is 0 Å². The summed E-state index contributed by atoms with van der Waals surface area (Å²) in [4.78, 5) is 10.6. The number of hydrogen-bond acceptors (Lipinski definition) is 4. The Morgan fingerprint density at radius 2 is 2.18 bits per heavy atom. The highest BCUT2D eigenvalue weighted by Crippen LogP contribution is 2.27. The van der Waals surface area contributed by atoms with Gasteiger partial charge in [0, 0.05) is 6.54 Å². The Kier molecular flexibility index (Phi) is 5.29. The first-order valence-electron chi connectivity index (χ1n) is 5.46. The Morgan fingerprint density at radius 3 is 2.76 bits per heavy atom. The van der Waals surface area contributed by atoms with E-state index in [1.165, 1.54) is 0 Å². The molecule has 0 heterocycles. The van der Waals surface area contributed by atoms with Crippen molar-refractivity contribution in [3.63, 3.8) is 0 Å². The van der Waals surface area contributed by atoms with Crippen LogP contribution in [0.3, 0.4) is 0 Å². The fraction of sp³-hybridized carbons (Fsp3) is 0.417. The largest absolute Gasteiger partial charge is 0.493 e. The Morgan fingerprint density at radius 1 is 1.41 bits per heavy atom. The van der Waals surface area contributed by atoms with Gasteiger partial charge in [0.15, 0.2) is 18.1 Å². The highest BCUT2D eigenvalue weighted by atomic mass is 16.5. The molecule has 0 saturated heterocycles. The van der Waals surface area contributed by atoms with E-state index in [4.69, 9.17) is 15.2 Å². The number of carbonyl (C=O) groups is 1. The Labute approximate surface area is 101 Å². The van der Waals surface area contributed by atoms with Crippen molar-refractivity contribution in [1.29, 1.82) is 0 Å². The molecule has 3 N–H and O–H groups in total. The molecule has 0 spiro atoms. The smallest absolute Gasteiger partial charge is 0.255 e. The predicted molar refractivity (Wildman–Crippen MR) is 65.1 cm³/mol. The number of primary amides is 1. The third-order valence-corrected chi connectivity index (χ3v) is 2.18. The Hall–Kier alpha value is -1.75. The van der Waals surface area contributed by atoms with Gasteiger partial charge in [-0.15, -0.1) is 0 Å². The highest BCUT2D eigenvalue weighted by molar-refractivity contribution is 5.75. The molecule has 5 heteroatoms. The summed E-state index contributed by atoms with van der Waals surface area (Å²) in [6.07, 6.45) is 0. The molecule has 1 aromatic rings. The van der Waals surface area contributed by atoms with Gasteiger partial charge in [-0.3, -0.25) is 4.79 Å². The van der Waals surface area contributed by atoms with E-state index < -0.39 is 5.91 Å². The number of carbonyl (C=O) groups excluding carboxylic acids is 1. The van der Waals surface area contributed by atoms with Crippen molar-refractivity contribution >= 4 is 5.91 Å². The zero-order valence-electron chi connectivity index (χ0n) is 10.2. The van der Waals surface area contributed by atoms with Gasteiger partial charge in [-0.2, -0.15) is 0 Å². The van der Waals surface area contributed by atoms with Crippen LogP contribution in [-0.4, -0.2) is 26.2 Å². The minimum absolute atomic E-state index is 0.150. The summed E-state index contributed by atoms with van der Waals surface area (Å²) in [7, 11) is 1.56. The van der Waals surface area contributed by atoms with Crippen LogP contribution >= 0.6 is 0 Å². The molecule has 0 radical (unpaired) electrons. The van der Waals surface area contributed by atoms with E-state index in [1.54, 1.807) is 13.2 Å². The lowest BCUT2D eigenvalue weighted by Gasteiger charge is -2.11. The third-order valence-electron chi connectivity index (χ3n) is 2.18. The van der Waals surface area contributed by atoms with E-state index in [0.717, 1.165) is 18.7 Å². The molecular weight excluding hydrogens is 220 g/mol. The van der Waals surface area contributed by atoms with Crippen LogP contribution in [-0.2, 0) is 11.3 Å². The topological polar surface area (TPSA) is 73.6 Å². The van der Waals surface area contributed by atoms with Crippen LogP contribution in [0.5, 0.6) is 11.5 Å². The first-order chi connectivity index (χ1) is 8.17. The monoisotopic (exact) mass is 238 g/mol. The molecule has 17 heavy (non-hydrogen) atoms. The summed E-state index contributed by atoms with van der Waals surface area (Å²) < 4.78 is 10.4. The number of methoxy groups -OCH3 is 1. The number of nitrogens with one attached hydrogen (secondary N) is 1. The van der Waals surface area contributed by atoms with Crippen molar-refractivity contribution in [2.45, 2.75) is 13.5 Å². The minimum atomic E-state index is -0.510. The maximum absolute atomic E-state index is 10.6. The Balaban J connectivity index is 2.74.